The third-order valence-electron chi connectivity index (χ3n) is 6.52. The van der Waals surface area contributed by atoms with Crippen LogP contribution in [0.4, 0.5) is 10.5 Å². The van der Waals surface area contributed by atoms with Gasteiger partial charge < -0.3 is 14.0 Å². The van der Waals surface area contributed by atoms with Crippen molar-refractivity contribution in [1.82, 2.24) is 9.55 Å². The summed E-state index contributed by atoms with van der Waals surface area (Å²) >= 11 is 0. The van der Waals surface area contributed by atoms with Crippen molar-refractivity contribution in [2.45, 2.75) is 44.8 Å². The Morgan fingerprint density at radius 2 is 2.22 bits per heavy atom. The Morgan fingerprint density at radius 3 is 3.06 bits per heavy atom. The van der Waals surface area contributed by atoms with Gasteiger partial charge in [0.05, 0.1) is 47.8 Å². The zero-order chi connectivity index (χ0) is 22.1. The molecule has 1 aliphatic heterocycles. The van der Waals surface area contributed by atoms with Crippen LogP contribution in [0, 0.1) is 17.2 Å². The molecule has 3 aromatic rings. The summed E-state index contributed by atoms with van der Waals surface area (Å²) in [6, 6.07) is 15.4. The summed E-state index contributed by atoms with van der Waals surface area (Å²) in [6.45, 7) is 3.88. The number of amides is 1. The number of nitriles is 1. The van der Waals surface area contributed by atoms with Crippen molar-refractivity contribution in [3.63, 3.8) is 0 Å². The van der Waals surface area contributed by atoms with E-state index in [2.05, 4.69) is 15.6 Å². The second kappa shape index (κ2) is 8.19. The van der Waals surface area contributed by atoms with Crippen molar-refractivity contribution in [3.8, 4) is 11.8 Å². The lowest BCUT2D eigenvalue weighted by Gasteiger charge is -2.36. The molecule has 7 nitrogen and oxygen atoms in total. The maximum Gasteiger partial charge on any atom is 0.415 e. The molecule has 0 bridgehead atoms. The summed E-state index contributed by atoms with van der Waals surface area (Å²) in [5.74, 6) is 1.12. The molecule has 0 N–H and O–H groups in total. The van der Waals surface area contributed by atoms with Crippen LogP contribution in [0.2, 0.25) is 0 Å². The van der Waals surface area contributed by atoms with Crippen LogP contribution in [0.25, 0.3) is 11.0 Å². The topological polar surface area (TPSA) is 80.4 Å². The number of rotatable bonds is 5. The van der Waals surface area contributed by atoms with Gasteiger partial charge in [-0.1, -0.05) is 6.07 Å². The number of benzene rings is 2. The lowest BCUT2D eigenvalue weighted by molar-refractivity contribution is 0.00439. The van der Waals surface area contributed by atoms with Crippen LogP contribution in [-0.4, -0.2) is 34.4 Å². The number of hydrogen-bond donors (Lipinski definition) is 0. The van der Waals surface area contributed by atoms with Crippen LogP contribution in [0.3, 0.4) is 0 Å². The zero-order valence-electron chi connectivity index (χ0n) is 18.2. The maximum atomic E-state index is 12.8. The van der Waals surface area contributed by atoms with Gasteiger partial charge in [-0.15, -0.1) is 0 Å². The number of carbonyl (C=O) groups is 1. The Kier molecular flexibility index (Phi) is 5.22. The summed E-state index contributed by atoms with van der Waals surface area (Å²) in [5, 5.41) is 9.24. The van der Waals surface area contributed by atoms with E-state index in [1.54, 1.807) is 11.0 Å². The molecule has 1 spiro atoms. The zero-order valence-corrected chi connectivity index (χ0v) is 18.2. The minimum Gasteiger partial charge on any atom is -0.494 e. The second-order valence-corrected chi connectivity index (χ2v) is 8.74. The van der Waals surface area contributed by atoms with E-state index in [1.807, 2.05) is 49.6 Å². The molecule has 1 saturated carbocycles. The van der Waals surface area contributed by atoms with E-state index in [0.29, 0.717) is 24.6 Å². The molecule has 2 aliphatic rings. The Bertz CT molecular complexity index is 1200. The lowest BCUT2D eigenvalue weighted by atomic mass is 9.78. The lowest BCUT2D eigenvalue weighted by Crippen LogP contribution is -2.40. The van der Waals surface area contributed by atoms with Gasteiger partial charge in [0.15, 0.2) is 0 Å². The highest BCUT2D eigenvalue weighted by atomic mass is 16.6. The molecule has 32 heavy (non-hydrogen) atoms. The highest BCUT2D eigenvalue weighted by Crippen LogP contribution is 2.42. The monoisotopic (exact) mass is 430 g/mol. The van der Waals surface area contributed by atoms with Crippen LogP contribution in [0.1, 0.15) is 38.2 Å². The molecule has 2 aromatic carbocycles. The number of ether oxygens (including phenoxy) is 2. The first-order valence-electron chi connectivity index (χ1n) is 11.2. The summed E-state index contributed by atoms with van der Waals surface area (Å²) in [6.07, 6.45) is 5.35. The molecule has 1 aliphatic carbocycles. The van der Waals surface area contributed by atoms with Crippen molar-refractivity contribution < 1.29 is 14.3 Å². The molecule has 0 radical (unpaired) electrons. The standard InChI is InChI=1S/C25H26N4O3/c1-2-31-21-7-3-6-20(12-21)29-16-25(32-24(29)30)10-4-5-19(13-25)15-28-17-27-22-9-8-18(14-26)11-23(22)28/h3,6-9,11-12,17,19H,2,4-5,10,13,15-16H2,1H3/t19?,25-/m0/s1. The molecular weight excluding hydrogens is 404 g/mol. The van der Waals surface area contributed by atoms with E-state index in [1.165, 1.54) is 0 Å². The summed E-state index contributed by atoms with van der Waals surface area (Å²) in [7, 11) is 0. The number of fused-ring (bicyclic) bond motifs is 1. The third kappa shape index (κ3) is 3.77. The van der Waals surface area contributed by atoms with E-state index >= 15 is 0 Å². The average Bonchev–Trinajstić information content (AvgIpc) is 3.34. The molecule has 1 amide bonds. The highest BCUT2D eigenvalue weighted by molar-refractivity contribution is 5.90. The predicted octanol–water partition coefficient (Wildman–Crippen LogP) is 4.89. The van der Waals surface area contributed by atoms with Gasteiger partial charge in [0, 0.05) is 12.6 Å². The van der Waals surface area contributed by atoms with Crippen LogP contribution in [-0.2, 0) is 11.3 Å². The van der Waals surface area contributed by atoms with Crippen LogP contribution in [0.5, 0.6) is 5.75 Å². The van der Waals surface area contributed by atoms with Gasteiger partial charge in [0.1, 0.15) is 11.4 Å². The molecule has 2 fully saturated rings. The van der Waals surface area contributed by atoms with Crippen molar-refractivity contribution in [2.75, 3.05) is 18.1 Å². The van der Waals surface area contributed by atoms with Crippen LogP contribution < -0.4 is 9.64 Å². The summed E-state index contributed by atoms with van der Waals surface area (Å²) in [4.78, 5) is 19.0. The van der Waals surface area contributed by atoms with Gasteiger partial charge in [-0.3, -0.25) is 4.90 Å². The van der Waals surface area contributed by atoms with Crippen molar-refractivity contribution >= 4 is 22.8 Å². The molecule has 1 unspecified atom stereocenters. The van der Waals surface area contributed by atoms with E-state index in [9.17, 15) is 10.1 Å². The summed E-state index contributed by atoms with van der Waals surface area (Å²) in [5.41, 5.74) is 2.85. The van der Waals surface area contributed by atoms with Gasteiger partial charge in [-0.05, 0) is 68.9 Å². The first-order chi connectivity index (χ1) is 15.6. The Balaban J connectivity index is 1.33. The third-order valence-corrected chi connectivity index (χ3v) is 6.52. The van der Waals surface area contributed by atoms with Gasteiger partial charge in [0.2, 0.25) is 0 Å². The molecular formula is C25H26N4O3. The fourth-order valence-electron chi connectivity index (χ4n) is 5.12. The van der Waals surface area contributed by atoms with Crippen molar-refractivity contribution in [1.29, 1.82) is 5.26 Å². The number of carbonyl (C=O) groups excluding carboxylic acids is 1. The normalized spacial score (nSPS) is 22.8. The number of anilines is 1. The smallest absolute Gasteiger partial charge is 0.415 e. The molecule has 2 atom stereocenters. The molecule has 7 heteroatoms. The van der Waals surface area contributed by atoms with E-state index < -0.39 is 5.60 Å². The fourth-order valence-corrected chi connectivity index (χ4v) is 5.12. The number of imidazole rings is 1. The molecule has 5 rings (SSSR count). The second-order valence-electron chi connectivity index (χ2n) is 8.74. The largest absolute Gasteiger partial charge is 0.494 e. The van der Waals surface area contributed by atoms with Gasteiger partial charge in [-0.2, -0.15) is 5.26 Å². The highest BCUT2D eigenvalue weighted by Gasteiger charge is 2.48. The number of nitrogens with zero attached hydrogens (tertiary/aromatic N) is 4. The first-order valence-corrected chi connectivity index (χ1v) is 11.2. The molecule has 164 valence electrons. The average molecular weight is 431 g/mol. The van der Waals surface area contributed by atoms with Gasteiger partial charge in [-0.25, -0.2) is 9.78 Å². The fraction of sp³-hybridized carbons (Fsp3) is 0.400. The van der Waals surface area contributed by atoms with E-state index in [-0.39, 0.29) is 6.09 Å². The molecule has 1 aromatic heterocycles. The molecule has 2 heterocycles. The Hall–Kier alpha value is -3.53. The van der Waals surface area contributed by atoms with Crippen molar-refractivity contribution in [3.05, 3.63) is 54.4 Å². The predicted molar refractivity (Wildman–Crippen MR) is 121 cm³/mol. The van der Waals surface area contributed by atoms with Crippen LogP contribution >= 0.6 is 0 Å². The first kappa shape index (κ1) is 20.4. The quantitative estimate of drug-likeness (QED) is 0.576. The van der Waals surface area contributed by atoms with Gasteiger partial charge >= 0.3 is 6.09 Å². The minimum absolute atomic E-state index is 0.286. The number of hydrogen-bond acceptors (Lipinski definition) is 5. The Labute approximate surface area is 187 Å². The number of aromatic nitrogens is 2. The summed E-state index contributed by atoms with van der Waals surface area (Å²) < 4.78 is 13.7. The Morgan fingerprint density at radius 1 is 1.31 bits per heavy atom. The maximum absolute atomic E-state index is 12.8. The molecule has 1 saturated heterocycles. The van der Waals surface area contributed by atoms with E-state index in [0.717, 1.165) is 54.7 Å². The minimum atomic E-state index is -0.462. The SMILES string of the molecule is CCOc1cccc(N2C[C@@]3(CCCC(Cn4cnc5ccc(C#N)cc54)C3)OC2=O)c1. The van der Waals surface area contributed by atoms with Crippen molar-refractivity contribution in [2.24, 2.45) is 5.92 Å². The van der Waals surface area contributed by atoms with Crippen LogP contribution in [0.15, 0.2) is 48.8 Å². The van der Waals surface area contributed by atoms with Gasteiger partial charge in [0.25, 0.3) is 0 Å². The van der Waals surface area contributed by atoms with E-state index in [4.69, 9.17) is 9.47 Å².